The molecule has 4 unspecified atom stereocenters. The van der Waals surface area contributed by atoms with Crippen LogP contribution in [0.2, 0.25) is 0 Å². The molecule has 0 spiro atoms. The third-order valence-electron chi connectivity index (χ3n) is 4.87. The van der Waals surface area contributed by atoms with E-state index in [-0.39, 0.29) is 25.1 Å². The highest BCUT2D eigenvalue weighted by molar-refractivity contribution is 5.82. The Morgan fingerprint density at radius 1 is 1.35 bits per heavy atom. The minimum atomic E-state index is -0.573. The van der Waals surface area contributed by atoms with E-state index in [0.29, 0.717) is 25.0 Å². The Kier molecular flexibility index (Phi) is 6.22. The van der Waals surface area contributed by atoms with Crippen molar-refractivity contribution in [1.82, 2.24) is 4.90 Å². The molecule has 1 saturated heterocycles. The second-order valence-corrected chi connectivity index (χ2v) is 5.99. The first kappa shape index (κ1) is 17.5. The van der Waals surface area contributed by atoms with Crippen LogP contribution < -0.4 is 0 Å². The van der Waals surface area contributed by atoms with Crippen LogP contribution in [0.25, 0.3) is 0 Å². The van der Waals surface area contributed by atoms with Crippen LogP contribution >= 0.6 is 0 Å². The number of carbonyl (C=O) groups is 2. The number of rotatable bonds is 6. The molecule has 1 amide bonds. The van der Waals surface area contributed by atoms with Crippen LogP contribution in [0, 0.1) is 29.1 Å². The van der Waals surface area contributed by atoms with Gasteiger partial charge in [0, 0.05) is 13.2 Å². The number of amides is 1. The van der Waals surface area contributed by atoms with E-state index in [2.05, 4.69) is 0 Å². The van der Waals surface area contributed by atoms with Crippen molar-refractivity contribution in [3.05, 3.63) is 0 Å². The van der Waals surface area contributed by atoms with Crippen LogP contribution in [0.15, 0.2) is 0 Å². The Hall–Kier alpha value is -1.81. The van der Waals surface area contributed by atoms with Crippen molar-refractivity contribution in [2.45, 2.75) is 32.2 Å². The Morgan fingerprint density at radius 2 is 2.13 bits per heavy atom. The first-order valence-electron chi connectivity index (χ1n) is 8.09. The van der Waals surface area contributed by atoms with Crippen molar-refractivity contribution in [2.24, 2.45) is 17.8 Å². The maximum absolute atomic E-state index is 12.4. The number of esters is 1. The van der Waals surface area contributed by atoms with Gasteiger partial charge in [-0.25, -0.2) is 9.59 Å². The van der Waals surface area contributed by atoms with Gasteiger partial charge >= 0.3 is 12.1 Å². The molecule has 7 heteroatoms. The van der Waals surface area contributed by atoms with E-state index in [0.717, 1.165) is 19.3 Å². The number of fused-ring (bicyclic) bond motifs is 1. The highest BCUT2D eigenvalue weighted by Crippen LogP contribution is 2.47. The molecule has 0 aromatic carbocycles. The molecule has 128 valence electrons. The topological polar surface area (TPSA) is 88.9 Å². The number of nitrogens with zero attached hydrogens (tertiary/aromatic N) is 2. The van der Waals surface area contributed by atoms with E-state index in [1.807, 2.05) is 6.07 Å². The fourth-order valence-corrected chi connectivity index (χ4v) is 4.01. The summed E-state index contributed by atoms with van der Waals surface area (Å²) in [6.45, 7) is 3.16. The Bertz CT molecular complexity index is 476. The lowest BCUT2D eigenvalue weighted by atomic mass is 9.85. The van der Waals surface area contributed by atoms with E-state index in [4.69, 9.17) is 19.5 Å². The van der Waals surface area contributed by atoms with Crippen LogP contribution in [0.4, 0.5) is 4.79 Å². The Balaban J connectivity index is 2.09. The summed E-state index contributed by atoms with van der Waals surface area (Å²) >= 11 is 0. The normalized spacial score (nSPS) is 29.0. The lowest BCUT2D eigenvalue weighted by Gasteiger charge is -2.28. The summed E-state index contributed by atoms with van der Waals surface area (Å²) in [5, 5.41) is 8.51. The SMILES string of the molecule is CCOC(=O)C1C2C(CCOCC#N)CCC2CN1C(=O)OC. The summed E-state index contributed by atoms with van der Waals surface area (Å²) in [6, 6.07) is 1.37. The molecular formula is C16H24N2O5. The van der Waals surface area contributed by atoms with Gasteiger partial charge in [0.2, 0.25) is 0 Å². The lowest BCUT2D eigenvalue weighted by molar-refractivity contribution is -0.149. The van der Waals surface area contributed by atoms with Gasteiger partial charge in [0.25, 0.3) is 0 Å². The van der Waals surface area contributed by atoms with Crippen LogP contribution in [0.3, 0.4) is 0 Å². The van der Waals surface area contributed by atoms with Gasteiger partial charge in [-0.2, -0.15) is 5.26 Å². The summed E-state index contributed by atoms with van der Waals surface area (Å²) in [6.07, 6.45) is 2.30. The van der Waals surface area contributed by atoms with Crippen LogP contribution in [-0.2, 0) is 19.0 Å². The molecule has 0 aromatic heterocycles. The van der Waals surface area contributed by atoms with Gasteiger partial charge in [-0.1, -0.05) is 0 Å². The van der Waals surface area contributed by atoms with Crippen LogP contribution in [-0.4, -0.2) is 56.5 Å². The Morgan fingerprint density at radius 3 is 2.78 bits per heavy atom. The molecule has 2 rings (SSSR count). The van der Waals surface area contributed by atoms with Gasteiger partial charge in [-0.15, -0.1) is 0 Å². The van der Waals surface area contributed by atoms with E-state index in [9.17, 15) is 9.59 Å². The van der Waals surface area contributed by atoms with Crippen molar-refractivity contribution in [1.29, 1.82) is 5.26 Å². The molecule has 0 N–H and O–H groups in total. The predicted molar refractivity (Wildman–Crippen MR) is 80.3 cm³/mol. The highest BCUT2D eigenvalue weighted by atomic mass is 16.6. The second kappa shape index (κ2) is 8.16. The number of ether oxygens (including phenoxy) is 3. The van der Waals surface area contributed by atoms with Crippen molar-refractivity contribution in [3.8, 4) is 6.07 Å². The van der Waals surface area contributed by atoms with Crippen molar-refractivity contribution >= 4 is 12.1 Å². The van der Waals surface area contributed by atoms with Crippen LogP contribution in [0.1, 0.15) is 26.2 Å². The predicted octanol–water partition coefficient (Wildman–Crippen LogP) is 1.57. The zero-order valence-electron chi connectivity index (χ0n) is 13.7. The number of likely N-dealkylation sites (tertiary alicyclic amines) is 1. The number of hydrogen-bond donors (Lipinski definition) is 0. The largest absolute Gasteiger partial charge is 0.464 e. The molecule has 2 fully saturated rings. The molecule has 0 bridgehead atoms. The maximum Gasteiger partial charge on any atom is 0.410 e. The standard InChI is InChI=1S/C16H24N2O5/c1-3-23-15(19)14-13-11(6-8-22-9-7-17)4-5-12(13)10-18(14)16(20)21-2/h11-14H,3-6,8-10H2,1-2H3. The fraction of sp³-hybridized carbons (Fsp3) is 0.812. The van der Waals surface area contributed by atoms with Gasteiger partial charge < -0.3 is 14.2 Å². The van der Waals surface area contributed by atoms with Gasteiger partial charge in [-0.05, 0) is 43.9 Å². The average molecular weight is 324 g/mol. The van der Waals surface area contributed by atoms with Crippen LogP contribution in [0.5, 0.6) is 0 Å². The minimum absolute atomic E-state index is 0.0798. The quantitative estimate of drug-likeness (QED) is 0.544. The summed E-state index contributed by atoms with van der Waals surface area (Å²) in [5.74, 6) is 0.321. The molecule has 1 aliphatic carbocycles. The van der Waals surface area contributed by atoms with Crippen molar-refractivity contribution in [2.75, 3.05) is 33.5 Å². The fourth-order valence-electron chi connectivity index (χ4n) is 4.01. The number of carbonyl (C=O) groups excluding carboxylic acids is 2. The smallest absolute Gasteiger partial charge is 0.410 e. The second-order valence-electron chi connectivity index (χ2n) is 5.99. The van der Waals surface area contributed by atoms with E-state index in [1.54, 1.807) is 6.92 Å². The van der Waals surface area contributed by atoms with Gasteiger partial charge in [0.1, 0.15) is 12.6 Å². The van der Waals surface area contributed by atoms with Crippen molar-refractivity contribution in [3.63, 3.8) is 0 Å². The molecule has 0 radical (unpaired) electrons. The summed E-state index contributed by atoms with van der Waals surface area (Å²) < 4.78 is 15.3. The van der Waals surface area contributed by atoms with Gasteiger partial charge in [0.15, 0.2) is 0 Å². The van der Waals surface area contributed by atoms with Crippen molar-refractivity contribution < 1.29 is 23.8 Å². The first-order chi connectivity index (χ1) is 11.1. The molecule has 23 heavy (non-hydrogen) atoms. The third-order valence-corrected chi connectivity index (χ3v) is 4.87. The molecule has 1 heterocycles. The molecular weight excluding hydrogens is 300 g/mol. The number of hydrogen-bond acceptors (Lipinski definition) is 6. The molecule has 1 saturated carbocycles. The van der Waals surface area contributed by atoms with E-state index >= 15 is 0 Å². The minimum Gasteiger partial charge on any atom is -0.464 e. The van der Waals surface area contributed by atoms with E-state index in [1.165, 1.54) is 12.0 Å². The third kappa shape index (κ3) is 3.75. The summed E-state index contributed by atoms with van der Waals surface area (Å²) in [4.78, 5) is 25.9. The molecule has 7 nitrogen and oxygen atoms in total. The monoisotopic (exact) mass is 324 g/mol. The molecule has 4 atom stereocenters. The maximum atomic E-state index is 12.4. The first-order valence-corrected chi connectivity index (χ1v) is 8.09. The zero-order valence-corrected chi connectivity index (χ0v) is 13.7. The highest BCUT2D eigenvalue weighted by Gasteiger charge is 2.54. The number of methoxy groups -OCH3 is 1. The molecule has 1 aliphatic heterocycles. The van der Waals surface area contributed by atoms with Gasteiger partial charge in [0.05, 0.1) is 19.8 Å². The summed E-state index contributed by atoms with van der Waals surface area (Å²) in [7, 11) is 1.33. The molecule has 0 aromatic rings. The zero-order chi connectivity index (χ0) is 16.8. The average Bonchev–Trinajstić information content (AvgIpc) is 3.10. The Labute approximate surface area is 136 Å². The lowest BCUT2D eigenvalue weighted by Crippen LogP contribution is -2.45. The number of nitriles is 1. The van der Waals surface area contributed by atoms with Gasteiger partial charge in [-0.3, -0.25) is 4.90 Å². The molecule has 2 aliphatic rings. The van der Waals surface area contributed by atoms with E-state index < -0.39 is 12.1 Å². The summed E-state index contributed by atoms with van der Waals surface area (Å²) in [5.41, 5.74) is 0.